The van der Waals surface area contributed by atoms with Gasteiger partial charge < -0.3 is 0 Å². The Balaban J connectivity index is 2.30. The Bertz CT molecular complexity index is 224. The van der Waals surface area contributed by atoms with Gasteiger partial charge in [-0.25, -0.2) is 0 Å². The van der Waals surface area contributed by atoms with E-state index in [1.807, 2.05) is 0 Å². The monoisotopic (exact) mass is 148 g/mol. The molecule has 0 nitrogen and oxygen atoms in total. The number of hydrogen-bond donors (Lipinski definition) is 0. The average Bonchev–Trinajstić information content (AvgIpc) is 2.45. The zero-order valence-electron chi connectivity index (χ0n) is 7.43. The molecule has 2 aliphatic carbocycles. The second kappa shape index (κ2) is 2.00. The summed E-state index contributed by atoms with van der Waals surface area (Å²) >= 11 is 0. The minimum absolute atomic E-state index is 0.430. The number of hydrogen-bond acceptors (Lipinski definition) is 0. The maximum atomic E-state index is 4.09. The van der Waals surface area contributed by atoms with Gasteiger partial charge in [-0.05, 0) is 37.0 Å². The standard InChI is InChI=1S/C11H16/c1-8(2)11(3)7-9-4-5-10(11)6-9/h4-5,9-10H,1,6-7H2,2-3H3/t9-,10+,11+/m0/s1. The molecule has 11 heavy (non-hydrogen) atoms. The first-order valence-electron chi connectivity index (χ1n) is 4.47. The van der Waals surface area contributed by atoms with E-state index in [9.17, 15) is 0 Å². The highest BCUT2D eigenvalue weighted by molar-refractivity contribution is 5.23. The van der Waals surface area contributed by atoms with E-state index in [0.29, 0.717) is 5.41 Å². The van der Waals surface area contributed by atoms with Gasteiger partial charge in [0.2, 0.25) is 0 Å². The van der Waals surface area contributed by atoms with Gasteiger partial charge in [0.05, 0.1) is 0 Å². The molecule has 60 valence electrons. The van der Waals surface area contributed by atoms with Crippen molar-refractivity contribution in [2.45, 2.75) is 26.7 Å². The van der Waals surface area contributed by atoms with E-state index in [2.05, 4.69) is 32.6 Å². The first kappa shape index (κ1) is 7.15. The van der Waals surface area contributed by atoms with Crippen molar-refractivity contribution in [2.24, 2.45) is 17.3 Å². The number of rotatable bonds is 1. The maximum absolute atomic E-state index is 4.09. The summed E-state index contributed by atoms with van der Waals surface area (Å²) in [6.07, 6.45) is 7.49. The van der Waals surface area contributed by atoms with E-state index in [1.165, 1.54) is 18.4 Å². The summed E-state index contributed by atoms with van der Waals surface area (Å²) in [7, 11) is 0. The zero-order chi connectivity index (χ0) is 8.06. The minimum atomic E-state index is 0.430. The number of allylic oxidation sites excluding steroid dienone is 3. The molecule has 1 fully saturated rings. The molecule has 2 rings (SSSR count). The number of fused-ring (bicyclic) bond motifs is 2. The van der Waals surface area contributed by atoms with E-state index in [-0.39, 0.29) is 0 Å². The molecule has 0 aromatic heterocycles. The topological polar surface area (TPSA) is 0 Å². The van der Waals surface area contributed by atoms with Crippen LogP contribution in [0.15, 0.2) is 24.3 Å². The molecule has 0 N–H and O–H groups in total. The largest absolute Gasteiger partial charge is 0.0996 e. The van der Waals surface area contributed by atoms with E-state index < -0.39 is 0 Å². The van der Waals surface area contributed by atoms with Crippen LogP contribution in [0.25, 0.3) is 0 Å². The van der Waals surface area contributed by atoms with Gasteiger partial charge in [-0.3, -0.25) is 0 Å². The molecule has 0 heteroatoms. The van der Waals surface area contributed by atoms with Gasteiger partial charge in [0.1, 0.15) is 0 Å². The molecule has 0 radical (unpaired) electrons. The van der Waals surface area contributed by atoms with Crippen molar-refractivity contribution in [3.05, 3.63) is 24.3 Å². The third-order valence-electron chi connectivity index (χ3n) is 3.65. The van der Waals surface area contributed by atoms with Crippen LogP contribution in [0.2, 0.25) is 0 Å². The van der Waals surface area contributed by atoms with Crippen molar-refractivity contribution in [3.63, 3.8) is 0 Å². The lowest BCUT2D eigenvalue weighted by molar-refractivity contribution is 0.329. The molecule has 1 saturated carbocycles. The summed E-state index contributed by atoms with van der Waals surface area (Å²) in [6, 6.07) is 0. The van der Waals surface area contributed by atoms with Crippen LogP contribution in [-0.4, -0.2) is 0 Å². The van der Waals surface area contributed by atoms with Crippen molar-refractivity contribution in [1.82, 2.24) is 0 Å². The molecule has 0 saturated heterocycles. The summed E-state index contributed by atoms with van der Waals surface area (Å²) < 4.78 is 0. The lowest BCUT2D eigenvalue weighted by Crippen LogP contribution is -2.22. The fourth-order valence-electron chi connectivity index (χ4n) is 2.59. The summed E-state index contributed by atoms with van der Waals surface area (Å²) in [5.41, 5.74) is 1.80. The molecule has 0 aliphatic heterocycles. The Kier molecular flexibility index (Phi) is 1.30. The average molecular weight is 148 g/mol. The van der Waals surface area contributed by atoms with Crippen molar-refractivity contribution < 1.29 is 0 Å². The second-order valence-electron chi connectivity index (χ2n) is 4.39. The lowest BCUT2D eigenvalue weighted by atomic mass is 9.73. The Morgan fingerprint density at radius 1 is 1.55 bits per heavy atom. The summed E-state index contributed by atoms with van der Waals surface area (Å²) in [5, 5.41) is 0. The first-order chi connectivity index (χ1) is 5.13. The van der Waals surface area contributed by atoms with Crippen molar-refractivity contribution in [1.29, 1.82) is 0 Å². The van der Waals surface area contributed by atoms with Crippen molar-refractivity contribution in [2.75, 3.05) is 0 Å². The smallest absolute Gasteiger partial charge is 0.00533 e. The summed E-state index contributed by atoms with van der Waals surface area (Å²) in [5.74, 6) is 1.66. The van der Waals surface area contributed by atoms with Gasteiger partial charge in [0.25, 0.3) is 0 Å². The summed E-state index contributed by atoms with van der Waals surface area (Å²) in [4.78, 5) is 0. The van der Waals surface area contributed by atoms with E-state index in [4.69, 9.17) is 0 Å². The van der Waals surface area contributed by atoms with Gasteiger partial charge in [0, 0.05) is 0 Å². The third-order valence-corrected chi connectivity index (χ3v) is 3.65. The molecule has 0 amide bonds. The van der Waals surface area contributed by atoms with Crippen molar-refractivity contribution in [3.8, 4) is 0 Å². The van der Waals surface area contributed by atoms with Crippen LogP contribution in [0, 0.1) is 17.3 Å². The fourth-order valence-corrected chi connectivity index (χ4v) is 2.59. The van der Waals surface area contributed by atoms with Gasteiger partial charge in [0.15, 0.2) is 0 Å². The lowest BCUT2D eigenvalue weighted by Gasteiger charge is -2.31. The van der Waals surface area contributed by atoms with Crippen molar-refractivity contribution >= 4 is 0 Å². The van der Waals surface area contributed by atoms with Crippen LogP contribution in [0.5, 0.6) is 0 Å². The molecular weight excluding hydrogens is 132 g/mol. The Morgan fingerprint density at radius 2 is 2.27 bits per heavy atom. The first-order valence-corrected chi connectivity index (χ1v) is 4.47. The van der Waals surface area contributed by atoms with Gasteiger partial charge in [-0.2, -0.15) is 0 Å². The molecule has 0 spiro atoms. The van der Waals surface area contributed by atoms with Crippen LogP contribution in [0.1, 0.15) is 26.7 Å². The molecule has 3 atom stereocenters. The molecule has 0 unspecified atom stereocenters. The third kappa shape index (κ3) is 0.817. The van der Waals surface area contributed by atoms with E-state index in [0.717, 1.165) is 11.8 Å². The maximum Gasteiger partial charge on any atom is -0.00533 e. The Hall–Kier alpha value is -0.520. The van der Waals surface area contributed by atoms with Gasteiger partial charge in [-0.1, -0.05) is 31.2 Å². The summed E-state index contributed by atoms with van der Waals surface area (Å²) in [6.45, 7) is 8.63. The van der Waals surface area contributed by atoms with Gasteiger partial charge in [-0.15, -0.1) is 0 Å². The predicted octanol–water partition coefficient (Wildman–Crippen LogP) is 3.16. The quantitative estimate of drug-likeness (QED) is 0.501. The van der Waals surface area contributed by atoms with Crippen LogP contribution in [0.4, 0.5) is 0 Å². The SMILES string of the molecule is C=C(C)[C@@]1(C)C[C@H]2C=C[C@@H]1C2. The molecule has 0 aromatic carbocycles. The highest BCUT2D eigenvalue weighted by Gasteiger charge is 2.45. The Morgan fingerprint density at radius 3 is 2.55 bits per heavy atom. The second-order valence-corrected chi connectivity index (χ2v) is 4.39. The molecule has 0 aromatic rings. The van der Waals surface area contributed by atoms with Crippen LogP contribution < -0.4 is 0 Å². The molecule has 0 heterocycles. The highest BCUT2D eigenvalue weighted by atomic mass is 14.5. The molecule has 2 bridgehead atoms. The minimum Gasteiger partial charge on any atom is -0.0996 e. The Labute approximate surface area is 69.0 Å². The van der Waals surface area contributed by atoms with Crippen LogP contribution >= 0.6 is 0 Å². The van der Waals surface area contributed by atoms with E-state index >= 15 is 0 Å². The van der Waals surface area contributed by atoms with Crippen LogP contribution in [-0.2, 0) is 0 Å². The van der Waals surface area contributed by atoms with Gasteiger partial charge >= 0.3 is 0 Å². The fraction of sp³-hybridized carbons (Fsp3) is 0.636. The molecule has 2 aliphatic rings. The van der Waals surface area contributed by atoms with Crippen LogP contribution in [0.3, 0.4) is 0 Å². The zero-order valence-corrected chi connectivity index (χ0v) is 7.43. The predicted molar refractivity (Wildman–Crippen MR) is 48.3 cm³/mol. The molecular formula is C11H16. The van der Waals surface area contributed by atoms with E-state index in [1.54, 1.807) is 0 Å². The normalized spacial score (nSPS) is 46.7. The highest BCUT2D eigenvalue weighted by Crippen LogP contribution is 2.54.